The summed E-state index contributed by atoms with van der Waals surface area (Å²) in [5, 5.41) is 11.0. The third kappa shape index (κ3) is 2.67. The predicted octanol–water partition coefficient (Wildman–Crippen LogP) is 1.93. The van der Waals surface area contributed by atoms with E-state index in [-0.39, 0.29) is 17.1 Å². The molecule has 0 spiro atoms. The Balaban J connectivity index is 2.49. The van der Waals surface area contributed by atoms with Gasteiger partial charge in [0.05, 0.1) is 16.4 Å². The summed E-state index contributed by atoms with van der Waals surface area (Å²) in [5.74, 6) is 0. The SMILES string of the molecule is Cc1cc(S(=O)(=O)N2CCCCO2)cc([N+](=O)[O-])c1C. The lowest BCUT2D eigenvalue weighted by atomic mass is 10.1. The molecule has 0 unspecified atom stereocenters. The molecule has 0 aromatic heterocycles. The maximum atomic E-state index is 12.4. The summed E-state index contributed by atoms with van der Waals surface area (Å²) in [5.41, 5.74) is 0.837. The Morgan fingerprint density at radius 2 is 2.00 bits per heavy atom. The molecule has 1 heterocycles. The van der Waals surface area contributed by atoms with Crippen molar-refractivity contribution >= 4 is 15.7 Å². The van der Waals surface area contributed by atoms with Gasteiger partial charge in [-0.05, 0) is 38.3 Å². The minimum Gasteiger partial charge on any atom is -0.284 e. The summed E-state index contributed by atoms with van der Waals surface area (Å²) in [6.07, 6.45) is 1.52. The van der Waals surface area contributed by atoms with E-state index in [1.165, 1.54) is 6.07 Å². The molecule has 0 atom stereocenters. The number of benzene rings is 1. The molecule has 20 heavy (non-hydrogen) atoms. The summed E-state index contributed by atoms with van der Waals surface area (Å²) >= 11 is 0. The first-order chi connectivity index (χ1) is 9.34. The van der Waals surface area contributed by atoms with E-state index in [4.69, 9.17) is 4.84 Å². The second kappa shape index (κ2) is 5.47. The first-order valence-electron chi connectivity index (χ1n) is 6.25. The second-order valence-corrected chi connectivity index (χ2v) is 6.54. The van der Waals surface area contributed by atoms with Gasteiger partial charge >= 0.3 is 0 Å². The summed E-state index contributed by atoms with van der Waals surface area (Å²) in [6, 6.07) is 2.53. The summed E-state index contributed by atoms with van der Waals surface area (Å²) in [6.45, 7) is 3.86. The molecule has 110 valence electrons. The zero-order valence-electron chi connectivity index (χ0n) is 11.3. The Morgan fingerprint density at radius 1 is 1.30 bits per heavy atom. The van der Waals surface area contributed by atoms with Crippen molar-refractivity contribution in [1.82, 2.24) is 4.47 Å². The molecule has 0 N–H and O–H groups in total. The third-order valence-corrected chi connectivity index (χ3v) is 5.00. The van der Waals surface area contributed by atoms with Gasteiger partial charge < -0.3 is 0 Å². The number of nitro groups is 1. The van der Waals surface area contributed by atoms with Crippen LogP contribution in [-0.2, 0) is 14.9 Å². The van der Waals surface area contributed by atoms with Crippen molar-refractivity contribution in [3.05, 3.63) is 33.4 Å². The van der Waals surface area contributed by atoms with Crippen LogP contribution in [0.1, 0.15) is 24.0 Å². The smallest absolute Gasteiger partial charge is 0.273 e. The molecule has 0 radical (unpaired) electrons. The molecule has 0 bridgehead atoms. The summed E-state index contributed by atoms with van der Waals surface area (Å²) < 4.78 is 25.7. The van der Waals surface area contributed by atoms with Crippen molar-refractivity contribution in [3.8, 4) is 0 Å². The van der Waals surface area contributed by atoms with Gasteiger partial charge in [-0.3, -0.25) is 15.0 Å². The van der Waals surface area contributed by atoms with Gasteiger partial charge in [0, 0.05) is 18.2 Å². The zero-order valence-corrected chi connectivity index (χ0v) is 12.1. The Kier molecular flexibility index (Phi) is 4.07. The normalized spacial score (nSPS) is 17.1. The van der Waals surface area contributed by atoms with Gasteiger partial charge in [0.2, 0.25) is 0 Å². The van der Waals surface area contributed by atoms with Gasteiger partial charge in [0.1, 0.15) is 0 Å². The van der Waals surface area contributed by atoms with Crippen LogP contribution >= 0.6 is 0 Å². The van der Waals surface area contributed by atoms with Crippen molar-refractivity contribution in [2.45, 2.75) is 31.6 Å². The Morgan fingerprint density at radius 3 is 2.55 bits per heavy atom. The highest BCUT2D eigenvalue weighted by Crippen LogP contribution is 2.28. The predicted molar refractivity (Wildman–Crippen MR) is 71.6 cm³/mol. The van der Waals surface area contributed by atoms with Crippen LogP contribution < -0.4 is 0 Å². The number of hydrogen-bond donors (Lipinski definition) is 0. The van der Waals surface area contributed by atoms with Gasteiger partial charge in [0.25, 0.3) is 15.7 Å². The number of sulfonamides is 1. The van der Waals surface area contributed by atoms with Gasteiger partial charge in [-0.1, -0.05) is 4.47 Å². The number of nitrogens with zero attached hydrogens (tertiary/aromatic N) is 2. The Bertz CT molecular complexity index is 635. The molecule has 1 aromatic carbocycles. The highest BCUT2D eigenvalue weighted by atomic mass is 32.2. The molecule has 0 aliphatic carbocycles. The van der Waals surface area contributed by atoms with Crippen molar-refractivity contribution in [2.24, 2.45) is 0 Å². The van der Waals surface area contributed by atoms with Crippen LogP contribution in [0, 0.1) is 24.0 Å². The minimum absolute atomic E-state index is 0.103. The molecule has 1 aliphatic rings. The van der Waals surface area contributed by atoms with Crippen LogP contribution in [-0.4, -0.2) is 31.0 Å². The van der Waals surface area contributed by atoms with E-state index in [0.29, 0.717) is 24.2 Å². The largest absolute Gasteiger partial charge is 0.284 e. The number of rotatable bonds is 3. The monoisotopic (exact) mass is 300 g/mol. The van der Waals surface area contributed by atoms with E-state index < -0.39 is 14.9 Å². The fraction of sp³-hybridized carbons (Fsp3) is 0.500. The molecule has 0 amide bonds. The highest BCUT2D eigenvalue weighted by Gasteiger charge is 2.30. The van der Waals surface area contributed by atoms with E-state index in [1.54, 1.807) is 13.8 Å². The third-order valence-electron chi connectivity index (χ3n) is 3.35. The maximum absolute atomic E-state index is 12.4. The molecule has 0 saturated carbocycles. The second-order valence-electron chi connectivity index (χ2n) is 4.71. The summed E-state index contributed by atoms with van der Waals surface area (Å²) in [4.78, 5) is 15.5. The number of aryl methyl sites for hydroxylation is 1. The number of hydrogen-bond acceptors (Lipinski definition) is 5. The van der Waals surface area contributed by atoms with Crippen LogP contribution in [0.3, 0.4) is 0 Å². The first kappa shape index (κ1) is 14.9. The fourth-order valence-corrected chi connectivity index (χ4v) is 3.43. The average Bonchev–Trinajstić information content (AvgIpc) is 2.42. The Labute approximate surface area is 117 Å². The molecule has 2 rings (SSSR count). The molecular weight excluding hydrogens is 284 g/mol. The maximum Gasteiger partial charge on any atom is 0.273 e. The lowest BCUT2D eigenvalue weighted by molar-refractivity contribution is -0.385. The topological polar surface area (TPSA) is 89.8 Å². The Hall–Kier alpha value is -1.51. The van der Waals surface area contributed by atoms with Gasteiger partial charge in [-0.15, -0.1) is 0 Å². The fourth-order valence-electron chi connectivity index (χ4n) is 2.03. The van der Waals surface area contributed by atoms with Crippen LogP contribution in [0.2, 0.25) is 0 Å². The van der Waals surface area contributed by atoms with Crippen LogP contribution in [0.5, 0.6) is 0 Å². The van der Waals surface area contributed by atoms with Crippen molar-refractivity contribution in [2.75, 3.05) is 13.2 Å². The average molecular weight is 300 g/mol. The van der Waals surface area contributed by atoms with Gasteiger partial charge in [-0.25, -0.2) is 8.42 Å². The lowest BCUT2D eigenvalue weighted by Gasteiger charge is -2.25. The number of hydroxylamine groups is 1. The van der Waals surface area contributed by atoms with Crippen LogP contribution in [0.15, 0.2) is 17.0 Å². The minimum atomic E-state index is -3.85. The van der Waals surface area contributed by atoms with Crippen LogP contribution in [0.4, 0.5) is 5.69 Å². The quantitative estimate of drug-likeness (QED) is 0.628. The summed E-state index contributed by atoms with van der Waals surface area (Å²) in [7, 11) is -3.85. The van der Waals surface area contributed by atoms with Gasteiger partial charge in [0.15, 0.2) is 0 Å². The van der Waals surface area contributed by atoms with E-state index in [0.717, 1.165) is 17.0 Å². The van der Waals surface area contributed by atoms with E-state index in [9.17, 15) is 18.5 Å². The molecule has 1 aromatic rings. The first-order valence-corrected chi connectivity index (χ1v) is 7.69. The lowest BCUT2D eigenvalue weighted by Crippen LogP contribution is -2.35. The molecule has 7 nitrogen and oxygen atoms in total. The van der Waals surface area contributed by atoms with E-state index in [1.807, 2.05) is 0 Å². The van der Waals surface area contributed by atoms with Crippen LogP contribution in [0.25, 0.3) is 0 Å². The molecule has 8 heteroatoms. The molecule has 1 aliphatic heterocycles. The van der Waals surface area contributed by atoms with Gasteiger partial charge in [-0.2, -0.15) is 0 Å². The van der Waals surface area contributed by atoms with E-state index >= 15 is 0 Å². The standard InChI is InChI=1S/C12H16N2O5S/c1-9-7-11(8-12(10(9)2)14(15)16)20(17,18)13-5-3-4-6-19-13/h7-8H,3-6H2,1-2H3. The molecule has 1 saturated heterocycles. The zero-order chi connectivity index (χ0) is 14.9. The molecular formula is C12H16N2O5S. The van der Waals surface area contributed by atoms with Crippen molar-refractivity contribution in [3.63, 3.8) is 0 Å². The number of nitro benzene ring substituents is 1. The van der Waals surface area contributed by atoms with Crippen molar-refractivity contribution < 1.29 is 18.2 Å². The van der Waals surface area contributed by atoms with Crippen molar-refractivity contribution in [1.29, 1.82) is 0 Å². The highest BCUT2D eigenvalue weighted by molar-refractivity contribution is 7.89. The van der Waals surface area contributed by atoms with E-state index in [2.05, 4.69) is 0 Å². The molecule has 1 fully saturated rings.